The summed E-state index contributed by atoms with van der Waals surface area (Å²) in [6.07, 6.45) is 5.28. The number of hydrogen-bond acceptors (Lipinski definition) is 1. The molecule has 0 amide bonds. The number of fused-ring (bicyclic) bond motifs is 1. The summed E-state index contributed by atoms with van der Waals surface area (Å²) in [6, 6.07) is 19.0. The SMILES string of the molecule is CCC1(CC)Oc2ccccc2C=C1Cc1ccccc1. The Hall–Kier alpha value is -2.02. The number of para-hydroxylation sites is 1. The van der Waals surface area contributed by atoms with Crippen LogP contribution in [0.2, 0.25) is 0 Å². The first-order valence-corrected chi connectivity index (χ1v) is 7.80. The van der Waals surface area contributed by atoms with Crippen molar-refractivity contribution in [2.75, 3.05) is 0 Å². The van der Waals surface area contributed by atoms with E-state index in [-0.39, 0.29) is 5.60 Å². The topological polar surface area (TPSA) is 9.23 Å². The van der Waals surface area contributed by atoms with Crippen LogP contribution in [0, 0.1) is 0 Å². The average Bonchev–Trinajstić information content (AvgIpc) is 2.55. The van der Waals surface area contributed by atoms with Gasteiger partial charge in [0, 0.05) is 5.56 Å². The lowest BCUT2D eigenvalue weighted by Crippen LogP contribution is -2.39. The molecule has 0 radical (unpaired) electrons. The monoisotopic (exact) mass is 278 g/mol. The maximum absolute atomic E-state index is 6.43. The summed E-state index contributed by atoms with van der Waals surface area (Å²) in [7, 11) is 0. The van der Waals surface area contributed by atoms with Crippen LogP contribution >= 0.6 is 0 Å². The van der Waals surface area contributed by atoms with Crippen molar-refractivity contribution >= 4 is 6.08 Å². The van der Waals surface area contributed by atoms with Crippen LogP contribution in [0.3, 0.4) is 0 Å². The van der Waals surface area contributed by atoms with E-state index < -0.39 is 0 Å². The fourth-order valence-corrected chi connectivity index (χ4v) is 3.16. The molecule has 0 unspecified atom stereocenters. The Labute approximate surface area is 127 Å². The Kier molecular flexibility index (Phi) is 3.83. The van der Waals surface area contributed by atoms with E-state index in [2.05, 4.69) is 68.5 Å². The van der Waals surface area contributed by atoms with Crippen molar-refractivity contribution in [3.05, 3.63) is 71.3 Å². The zero-order valence-corrected chi connectivity index (χ0v) is 12.8. The van der Waals surface area contributed by atoms with Crippen molar-refractivity contribution in [3.63, 3.8) is 0 Å². The molecule has 0 saturated carbocycles. The summed E-state index contributed by atoms with van der Waals surface area (Å²) >= 11 is 0. The van der Waals surface area contributed by atoms with Crippen LogP contribution in [0.25, 0.3) is 6.08 Å². The van der Waals surface area contributed by atoms with Gasteiger partial charge in [-0.25, -0.2) is 0 Å². The van der Waals surface area contributed by atoms with E-state index in [1.807, 2.05) is 6.07 Å². The Morgan fingerprint density at radius 1 is 0.857 bits per heavy atom. The third kappa shape index (κ3) is 2.61. The predicted octanol–water partition coefficient (Wildman–Crippen LogP) is 5.26. The first-order valence-electron chi connectivity index (χ1n) is 7.80. The van der Waals surface area contributed by atoms with Gasteiger partial charge < -0.3 is 4.74 Å². The highest BCUT2D eigenvalue weighted by atomic mass is 16.5. The predicted molar refractivity (Wildman–Crippen MR) is 88.5 cm³/mol. The van der Waals surface area contributed by atoms with Crippen LogP contribution in [0.15, 0.2) is 60.2 Å². The van der Waals surface area contributed by atoms with Crippen molar-refractivity contribution in [3.8, 4) is 5.75 Å². The number of hydrogen-bond donors (Lipinski definition) is 0. The first-order chi connectivity index (χ1) is 10.3. The van der Waals surface area contributed by atoms with Gasteiger partial charge in [-0.1, -0.05) is 62.4 Å². The van der Waals surface area contributed by atoms with E-state index >= 15 is 0 Å². The normalized spacial score (nSPS) is 15.8. The summed E-state index contributed by atoms with van der Waals surface area (Å²) in [5.74, 6) is 1.01. The van der Waals surface area contributed by atoms with Gasteiger partial charge in [0.25, 0.3) is 0 Å². The van der Waals surface area contributed by atoms with Crippen molar-refractivity contribution in [1.29, 1.82) is 0 Å². The highest BCUT2D eigenvalue weighted by Crippen LogP contribution is 2.40. The number of ether oxygens (including phenoxy) is 1. The zero-order chi connectivity index (χ0) is 14.7. The molecule has 1 aliphatic rings. The molecular formula is C20H22O. The quantitative estimate of drug-likeness (QED) is 0.741. The third-order valence-corrected chi connectivity index (χ3v) is 4.52. The molecular weight excluding hydrogens is 256 g/mol. The van der Waals surface area contributed by atoms with Gasteiger partial charge in [0.1, 0.15) is 11.4 Å². The Morgan fingerprint density at radius 2 is 1.52 bits per heavy atom. The second-order valence-corrected chi connectivity index (χ2v) is 5.67. The van der Waals surface area contributed by atoms with Gasteiger partial charge >= 0.3 is 0 Å². The maximum Gasteiger partial charge on any atom is 0.130 e. The standard InChI is InChI=1S/C20H22O/c1-3-20(4-2)18(14-16-10-6-5-7-11-16)15-17-12-8-9-13-19(17)21-20/h5-13,15H,3-4,14H2,1-2H3. The van der Waals surface area contributed by atoms with E-state index in [1.165, 1.54) is 16.7 Å². The molecule has 2 aromatic rings. The zero-order valence-electron chi connectivity index (χ0n) is 12.8. The fraction of sp³-hybridized carbons (Fsp3) is 0.300. The van der Waals surface area contributed by atoms with Crippen LogP contribution in [0.4, 0.5) is 0 Å². The highest BCUT2D eigenvalue weighted by molar-refractivity contribution is 5.65. The molecule has 1 heterocycles. The van der Waals surface area contributed by atoms with Gasteiger partial charge in [0.2, 0.25) is 0 Å². The first kappa shape index (κ1) is 13.9. The molecule has 0 spiro atoms. The van der Waals surface area contributed by atoms with Crippen LogP contribution in [0.1, 0.15) is 37.8 Å². The van der Waals surface area contributed by atoms with Crippen molar-refractivity contribution < 1.29 is 4.74 Å². The molecule has 0 aliphatic carbocycles. The van der Waals surface area contributed by atoms with E-state index in [9.17, 15) is 0 Å². The third-order valence-electron chi connectivity index (χ3n) is 4.52. The smallest absolute Gasteiger partial charge is 0.130 e. The van der Waals surface area contributed by atoms with Crippen molar-refractivity contribution in [2.24, 2.45) is 0 Å². The molecule has 0 bridgehead atoms. The second-order valence-electron chi connectivity index (χ2n) is 5.67. The molecule has 21 heavy (non-hydrogen) atoms. The van der Waals surface area contributed by atoms with Crippen LogP contribution in [-0.2, 0) is 6.42 Å². The molecule has 3 rings (SSSR count). The molecule has 2 aromatic carbocycles. The van der Waals surface area contributed by atoms with E-state index in [4.69, 9.17) is 4.74 Å². The van der Waals surface area contributed by atoms with Crippen molar-refractivity contribution in [2.45, 2.75) is 38.7 Å². The largest absolute Gasteiger partial charge is 0.482 e. The molecule has 0 atom stereocenters. The summed E-state index contributed by atoms with van der Waals surface area (Å²) in [5.41, 5.74) is 3.76. The summed E-state index contributed by atoms with van der Waals surface area (Å²) in [5, 5.41) is 0. The minimum Gasteiger partial charge on any atom is -0.482 e. The second kappa shape index (κ2) is 5.77. The van der Waals surface area contributed by atoms with Gasteiger partial charge in [-0.2, -0.15) is 0 Å². The lowest BCUT2D eigenvalue weighted by Gasteiger charge is -2.39. The molecule has 1 aliphatic heterocycles. The molecule has 0 saturated heterocycles. The molecule has 0 aromatic heterocycles. The average molecular weight is 278 g/mol. The lowest BCUT2D eigenvalue weighted by molar-refractivity contribution is 0.0930. The molecule has 1 nitrogen and oxygen atoms in total. The van der Waals surface area contributed by atoms with E-state index in [1.54, 1.807) is 0 Å². The number of benzene rings is 2. The van der Waals surface area contributed by atoms with Crippen LogP contribution in [-0.4, -0.2) is 5.60 Å². The highest BCUT2D eigenvalue weighted by Gasteiger charge is 2.36. The Bertz CT molecular complexity index is 636. The fourth-order valence-electron chi connectivity index (χ4n) is 3.16. The van der Waals surface area contributed by atoms with E-state index in [0.717, 1.165) is 25.0 Å². The number of rotatable bonds is 4. The summed E-state index contributed by atoms with van der Waals surface area (Å²) < 4.78 is 6.43. The van der Waals surface area contributed by atoms with E-state index in [0.29, 0.717) is 0 Å². The summed E-state index contributed by atoms with van der Waals surface area (Å²) in [4.78, 5) is 0. The molecule has 0 N–H and O–H groups in total. The Balaban J connectivity index is 2.03. The lowest BCUT2D eigenvalue weighted by atomic mass is 9.81. The van der Waals surface area contributed by atoms with Gasteiger partial charge in [-0.15, -0.1) is 0 Å². The van der Waals surface area contributed by atoms with Crippen molar-refractivity contribution in [1.82, 2.24) is 0 Å². The van der Waals surface area contributed by atoms with Gasteiger partial charge in [-0.05, 0) is 42.5 Å². The molecule has 1 heteroatoms. The Morgan fingerprint density at radius 3 is 2.24 bits per heavy atom. The molecule has 0 fully saturated rings. The summed E-state index contributed by atoms with van der Waals surface area (Å²) in [6.45, 7) is 4.44. The van der Waals surface area contributed by atoms with Crippen LogP contribution in [0.5, 0.6) is 5.75 Å². The minimum atomic E-state index is -0.163. The van der Waals surface area contributed by atoms with Gasteiger partial charge in [0.15, 0.2) is 0 Å². The molecule has 108 valence electrons. The maximum atomic E-state index is 6.43. The van der Waals surface area contributed by atoms with Gasteiger partial charge in [-0.3, -0.25) is 0 Å². The van der Waals surface area contributed by atoms with Crippen LogP contribution < -0.4 is 4.74 Å². The van der Waals surface area contributed by atoms with Gasteiger partial charge in [0.05, 0.1) is 0 Å². The minimum absolute atomic E-state index is 0.163.